The van der Waals surface area contributed by atoms with E-state index in [0.29, 0.717) is 0 Å². The molecule has 2 N–H and O–H groups in total. The van der Waals surface area contributed by atoms with E-state index in [-0.39, 0.29) is 6.04 Å². The SMILES string of the molecule is Cc1c(Br)cccc1C(N)c1ccc2c(c1)CCCC2. The van der Waals surface area contributed by atoms with Gasteiger partial charge in [0, 0.05) is 4.47 Å². The van der Waals surface area contributed by atoms with Crippen LogP contribution < -0.4 is 5.73 Å². The minimum Gasteiger partial charge on any atom is -0.320 e. The Morgan fingerprint density at radius 2 is 1.80 bits per heavy atom. The van der Waals surface area contributed by atoms with Crippen LogP contribution in [0.25, 0.3) is 0 Å². The fraction of sp³-hybridized carbons (Fsp3) is 0.333. The second-order valence-corrected chi connectivity index (χ2v) is 6.52. The monoisotopic (exact) mass is 329 g/mol. The summed E-state index contributed by atoms with van der Waals surface area (Å²) in [5.41, 5.74) is 13.2. The van der Waals surface area contributed by atoms with Crippen LogP contribution in [0.2, 0.25) is 0 Å². The van der Waals surface area contributed by atoms with E-state index in [9.17, 15) is 0 Å². The van der Waals surface area contributed by atoms with Crippen LogP contribution in [0.15, 0.2) is 40.9 Å². The summed E-state index contributed by atoms with van der Waals surface area (Å²) in [5.74, 6) is 0. The Morgan fingerprint density at radius 3 is 2.60 bits per heavy atom. The highest BCUT2D eigenvalue weighted by Crippen LogP contribution is 2.30. The van der Waals surface area contributed by atoms with E-state index in [0.717, 1.165) is 4.47 Å². The Balaban J connectivity index is 1.98. The highest BCUT2D eigenvalue weighted by Gasteiger charge is 2.16. The number of fused-ring (bicyclic) bond motifs is 1. The van der Waals surface area contributed by atoms with E-state index in [1.54, 1.807) is 0 Å². The molecule has 0 heterocycles. The maximum absolute atomic E-state index is 6.50. The number of rotatable bonds is 2. The highest BCUT2D eigenvalue weighted by molar-refractivity contribution is 9.10. The van der Waals surface area contributed by atoms with E-state index in [2.05, 4.69) is 59.3 Å². The van der Waals surface area contributed by atoms with Gasteiger partial charge in [-0.05, 0) is 66.5 Å². The number of benzene rings is 2. The predicted molar refractivity (Wildman–Crippen MR) is 88.0 cm³/mol. The summed E-state index contributed by atoms with van der Waals surface area (Å²) in [6.07, 6.45) is 5.05. The van der Waals surface area contributed by atoms with Crippen LogP contribution in [0, 0.1) is 6.92 Å². The molecule has 1 atom stereocenters. The minimum atomic E-state index is -0.0419. The van der Waals surface area contributed by atoms with Gasteiger partial charge in [0.1, 0.15) is 0 Å². The van der Waals surface area contributed by atoms with Crippen molar-refractivity contribution in [2.75, 3.05) is 0 Å². The molecule has 0 radical (unpaired) electrons. The molecule has 0 bridgehead atoms. The molecule has 2 aromatic carbocycles. The zero-order valence-corrected chi connectivity index (χ0v) is 13.4. The maximum Gasteiger partial charge on any atom is 0.0554 e. The molecular weight excluding hydrogens is 310 g/mol. The molecule has 0 saturated carbocycles. The van der Waals surface area contributed by atoms with Crippen molar-refractivity contribution < 1.29 is 0 Å². The lowest BCUT2D eigenvalue weighted by atomic mass is 9.87. The molecular formula is C18H20BrN. The summed E-state index contributed by atoms with van der Waals surface area (Å²) in [6.45, 7) is 2.12. The maximum atomic E-state index is 6.50. The second kappa shape index (κ2) is 5.71. The van der Waals surface area contributed by atoms with Crippen LogP contribution in [-0.4, -0.2) is 0 Å². The van der Waals surface area contributed by atoms with Gasteiger partial charge in [0.2, 0.25) is 0 Å². The number of halogens is 1. The summed E-state index contributed by atoms with van der Waals surface area (Å²) in [5, 5.41) is 0. The lowest BCUT2D eigenvalue weighted by Crippen LogP contribution is -2.15. The first-order chi connectivity index (χ1) is 9.66. The number of nitrogens with two attached hydrogens (primary N) is 1. The van der Waals surface area contributed by atoms with Crippen LogP contribution in [0.1, 0.15) is 46.7 Å². The van der Waals surface area contributed by atoms with Gasteiger partial charge in [-0.3, -0.25) is 0 Å². The lowest BCUT2D eigenvalue weighted by Gasteiger charge is -2.20. The number of hydrogen-bond donors (Lipinski definition) is 1. The summed E-state index contributed by atoms with van der Waals surface area (Å²) in [7, 11) is 0. The Kier molecular flexibility index (Phi) is 3.95. The molecule has 20 heavy (non-hydrogen) atoms. The second-order valence-electron chi connectivity index (χ2n) is 5.67. The smallest absolute Gasteiger partial charge is 0.0554 e. The third kappa shape index (κ3) is 2.55. The van der Waals surface area contributed by atoms with Crippen LogP contribution >= 0.6 is 15.9 Å². The third-order valence-corrected chi connectivity index (χ3v) is 5.24. The lowest BCUT2D eigenvalue weighted by molar-refractivity contribution is 0.682. The first kappa shape index (κ1) is 13.8. The number of hydrogen-bond acceptors (Lipinski definition) is 1. The Morgan fingerprint density at radius 1 is 1.05 bits per heavy atom. The van der Waals surface area contributed by atoms with Crippen molar-refractivity contribution in [2.24, 2.45) is 5.73 Å². The van der Waals surface area contributed by atoms with Crippen molar-refractivity contribution in [3.05, 3.63) is 68.7 Å². The van der Waals surface area contributed by atoms with Crippen LogP contribution in [0.3, 0.4) is 0 Å². The molecule has 0 saturated heterocycles. The normalized spacial score (nSPS) is 15.8. The third-order valence-electron chi connectivity index (χ3n) is 4.38. The highest BCUT2D eigenvalue weighted by atomic mass is 79.9. The van der Waals surface area contributed by atoms with Crippen molar-refractivity contribution in [2.45, 2.75) is 38.6 Å². The van der Waals surface area contributed by atoms with Crippen molar-refractivity contribution in [1.82, 2.24) is 0 Å². The molecule has 3 rings (SSSR count). The number of aryl methyl sites for hydroxylation is 2. The molecule has 2 heteroatoms. The van der Waals surface area contributed by atoms with Gasteiger partial charge in [0.25, 0.3) is 0 Å². The van der Waals surface area contributed by atoms with Gasteiger partial charge < -0.3 is 5.73 Å². The molecule has 0 spiro atoms. The van der Waals surface area contributed by atoms with Crippen molar-refractivity contribution in [3.63, 3.8) is 0 Å². The summed E-state index contributed by atoms with van der Waals surface area (Å²) in [4.78, 5) is 0. The molecule has 0 amide bonds. The van der Waals surface area contributed by atoms with Gasteiger partial charge in [-0.15, -0.1) is 0 Å². The van der Waals surface area contributed by atoms with E-state index in [1.165, 1.54) is 53.5 Å². The van der Waals surface area contributed by atoms with Gasteiger partial charge in [0.15, 0.2) is 0 Å². The van der Waals surface area contributed by atoms with Crippen LogP contribution in [0.4, 0.5) is 0 Å². The van der Waals surface area contributed by atoms with Crippen molar-refractivity contribution in [1.29, 1.82) is 0 Å². The van der Waals surface area contributed by atoms with Gasteiger partial charge in [-0.2, -0.15) is 0 Å². The van der Waals surface area contributed by atoms with Gasteiger partial charge in [-0.25, -0.2) is 0 Å². The fourth-order valence-electron chi connectivity index (χ4n) is 3.09. The van der Waals surface area contributed by atoms with Crippen molar-refractivity contribution in [3.8, 4) is 0 Å². The Bertz CT molecular complexity index is 633. The van der Waals surface area contributed by atoms with Gasteiger partial charge in [0.05, 0.1) is 6.04 Å². The van der Waals surface area contributed by atoms with E-state index >= 15 is 0 Å². The average molecular weight is 330 g/mol. The first-order valence-corrected chi connectivity index (χ1v) is 8.08. The molecule has 2 aromatic rings. The first-order valence-electron chi connectivity index (χ1n) is 7.29. The molecule has 1 nitrogen and oxygen atoms in total. The standard InChI is InChI=1S/C18H20BrN/c1-12-16(7-4-8-17(12)19)18(20)15-10-9-13-5-2-3-6-14(13)11-15/h4,7-11,18H,2-3,5-6,20H2,1H3. The predicted octanol–water partition coefficient (Wildman–Crippen LogP) is 4.68. The fourth-order valence-corrected chi connectivity index (χ4v) is 3.47. The van der Waals surface area contributed by atoms with E-state index in [1.807, 2.05) is 0 Å². The molecule has 1 unspecified atom stereocenters. The minimum absolute atomic E-state index is 0.0419. The molecule has 1 aliphatic carbocycles. The summed E-state index contributed by atoms with van der Waals surface area (Å²) >= 11 is 3.59. The summed E-state index contributed by atoms with van der Waals surface area (Å²) in [6, 6.07) is 13.0. The largest absolute Gasteiger partial charge is 0.320 e. The van der Waals surface area contributed by atoms with Crippen molar-refractivity contribution >= 4 is 15.9 Å². The topological polar surface area (TPSA) is 26.0 Å². The summed E-state index contributed by atoms with van der Waals surface area (Å²) < 4.78 is 1.13. The zero-order chi connectivity index (χ0) is 14.1. The van der Waals surface area contributed by atoms with E-state index in [4.69, 9.17) is 5.73 Å². The Labute approximate surface area is 129 Å². The molecule has 104 valence electrons. The Hall–Kier alpha value is -1.12. The average Bonchev–Trinajstić information content (AvgIpc) is 2.49. The molecule has 0 fully saturated rings. The van der Waals surface area contributed by atoms with Crippen LogP contribution in [-0.2, 0) is 12.8 Å². The van der Waals surface area contributed by atoms with Gasteiger partial charge >= 0.3 is 0 Å². The molecule has 0 aromatic heterocycles. The molecule has 1 aliphatic rings. The van der Waals surface area contributed by atoms with Crippen LogP contribution in [0.5, 0.6) is 0 Å². The zero-order valence-electron chi connectivity index (χ0n) is 11.8. The van der Waals surface area contributed by atoms with Gasteiger partial charge in [-0.1, -0.05) is 46.3 Å². The molecule has 0 aliphatic heterocycles. The van der Waals surface area contributed by atoms with E-state index < -0.39 is 0 Å². The quantitative estimate of drug-likeness (QED) is 0.850.